The smallest absolute Gasteiger partial charge is 0.305 e. The van der Waals surface area contributed by atoms with Gasteiger partial charge in [0.1, 0.15) is 11.6 Å². The Balaban J connectivity index is 2.61. The number of aliphatic carboxylic acids is 1. The van der Waals surface area contributed by atoms with Crippen LogP contribution in [-0.4, -0.2) is 60.2 Å². The lowest BCUT2D eigenvalue weighted by Crippen LogP contribution is -2.26. The lowest BCUT2D eigenvalue weighted by Gasteiger charge is -2.22. The molecular formula is C23H29FN2O6S. The number of aromatic nitrogens is 1. The summed E-state index contributed by atoms with van der Waals surface area (Å²) in [4.78, 5) is 15.3. The van der Waals surface area contributed by atoms with Gasteiger partial charge in [0, 0.05) is 19.0 Å². The number of sulfonamides is 1. The summed E-state index contributed by atoms with van der Waals surface area (Å²) in [6, 6.07) is 7.27. The first-order valence-corrected chi connectivity index (χ1v) is 12.1. The molecule has 0 radical (unpaired) electrons. The van der Waals surface area contributed by atoms with E-state index in [2.05, 4.69) is 4.98 Å². The predicted molar refractivity (Wildman–Crippen MR) is 125 cm³/mol. The summed E-state index contributed by atoms with van der Waals surface area (Å²) in [5, 5.41) is 28.8. The van der Waals surface area contributed by atoms with Crippen LogP contribution in [0.15, 0.2) is 36.4 Å². The SMILES string of the molecule is CC(C)c1nc(N(C)S(C)(=O)=O)cc(-c2ccc(F)cc2)c1/C=C/C(O)CC(O)CC(=O)O. The number of carbonyl (C=O) groups is 1. The molecule has 0 bridgehead atoms. The fourth-order valence-electron chi connectivity index (χ4n) is 3.23. The summed E-state index contributed by atoms with van der Waals surface area (Å²) >= 11 is 0. The zero-order valence-corrected chi connectivity index (χ0v) is 19.8. The molecule has 2 rings (SSSR count). The third-order valence-electron chi connectivity index (χ3n) is 5.01. The van der Waals surface area contributed by atoms with Crippen molar-refractivity contribution in [2.75, 3.05) is 17.6 Å². The number of anilines is 1. The Kier molecular flexibility index (Phi) is 8.70. The maximum atomic E-state index is 13.5. The molecule has 2 unspecified atom stereocenters. The Bertz CT molecular complexity index is 1120. The highest BCUT2D eigenvalue weighted by atomic mass is 32.2. The lowest BCUT2D eigenvalue weighted by atomic mass is 9.93. The van der Waals surface area contributed by atoms with Crippen LogP contribution in [0.3, 0.4) is 0 Å². The van der Waals surface area contributed by atoms with Crippen molar-refractivity contribution in [2.45, 2.75) is 44.8 Å². The average molecular weight is 481 g/mol. The molecule has 0 saturated heterocycles. The van der Waals surface area contributed by atoms with Crippen molar-refractivity contribution in [3.63, 3.8) is 0 Å². The van der Waals surface area contributed by atoms with Gasteiger partial charge in [-0.15, -0.1) is 0 Å². The second kappa shape index (κ2) is 10.9. The van der Waals surface area contributed by atoms with Gasteiger partial charge in [-0.25, -0.2) is 17.8 Å². The minimum atomic E-state index is -3.59. The highest BCUT2D eigenvalue weighted by Gasteiger charge is 2.21. The summed E-state index contributed by atoms with van der Waals surface area (Å²) in [7, 11) is -2.20. The van der Waals surface area contributed by atoms with Crippen LogP contribution in [0, 0.1) is 5.82 Å². The van der Waals surface area contributed by atoms with Gasteiger partial charge < -0.3 is 15.3 Å². The third-order valence-corrected chi connectivity index (χ3v) is 6.19. The zero-order chi connectivity index (χ0) is 24.9. The van der Waals surface area contributed by atoms with E-state index in [1.54, 1.807) is 24.3 Å². The molecule has 2 aromatic rings. The topological polar surface area (TPSA) is 128 Å². The molecule has 1 heterocycles. The van der Waals surface area contributed by atoms with Gasteiger partial charge >= 0.3 is 5.97 Å². The van der Waals surface area contributed by atoms with Crippen LogP contribution in [0.5, 0.6) is 0 Å². The van der Waals surface area contributed by atoms with Crippen LogP contribution in [0.1, 0.15) is 43.9 Å². The normalized spacial score (nSPS) is 13.9. The number of pyridine rings is 1. The van der Waals surface area contributed by atoms with Gasteiger partial charge in [0.2, 0.25) is 10.0 Å². The van der Waals surface area contributed by atoms with Crippen LogP contribution in [0.2, 0.25) is 0 Å². The summed E-state index contributed by atoms with van der Waals surface area (Å²) in [6.45, 7) is 3.76. The van der Waals surface area contributed by atoms with E-state index in [0.29, 0.717) is 22.4 Å². The molecule has 0 aliphatic carbocycles. The van der Waals surface area contributed by atoms with Crippen molar-refractivity contribution in [3.8, 4) is 11.1 Å². The van der Waals surface area contributed by atoms with E-state index in [1.807, 2.05) is 13.8 Å². The van der Waals surface area contributed by atoms with E-state index in [4.69, 9.17) is 5.11 Å². The number of halogens is 1. The number of nitrogens with zero attached hydrogens (tertiary/aromatic N) is 2. The molecule has 0 amide bonds. The van der Waals surface area contributed by atoms with Crippen LogP contribution in [0.4, 0.5) is 10.2 Å². The van der Waals surface area contributed by atoms with Gasteiger partial charge in [-0.3, -0.25) is 9.10 Å². The van der Waals surface area contributed by atoms with E-state index in [9.17, 15) is 27.8 Å². The molecular weight excluding hydrogens is 451 g/mol. The van der Waals surface area contributed by atoms with E-state index in [-0.39, 0.29) is 18.2 Å². The second-order valence-electron chi connectivity index (χ2n) is 8.13. The molecule has 33 heavy (non-hydrogen) atoms. The maximum Gasteiger partial charge on any atom is 0.305 e. The monoisotopic (exact) mass is 480 g/mol. The molecule has 0 aliphatic heterocycles. The summed E-state index contributed by atoms with van der Waals surface area (Å²) in [6.07, 6.45) is 1.08. The summed E-state index contributed by atoms with van der Waals surface area (Å²) < 4.78 is 38.8. The number of benzene rings is 1. The minimum absolute atomic E-state index is 0.133. The van der Waals surface area contributed by atoms with Crippen LogP contribution in [-0.2, 0) is 14.8 Å². The van der Waals surface area contributed by atoms with Gasteiger partial charge in [0.15, 0.2) is 0 Å². The molecule has 10 heteroatoms. The van der Waals surface area contributed by atoms with Gasteiger partial charge in [-0.1, -0.05) is 38.1 Å². The van der Waals surface area contributed by atoms with Crippen molar-refractivity contribution in [1.82, 2.24) is 4.98 Å². The lowest BCUT2D eigenvalue weighted by molar-refractivity contribution is -0.139. The van der Waals surface area contributed by atoms with Crippen molar-refractivity contribution >= 4 is 27.9 Å². The van der Waals surface area contributed by atoms with Crippen molar-refractivity contribution in [2.24, 2.45) is 0 Å². The highest BCUT2D eigenvalue weighted by Crippen LogP contribution is 2.34. The van der Waals surface area contributed by atoms with Crippen LogP contribution in [0.25, 0.3) is 17.2 Å². The summed E-state index contributed by atoms with van der Waals surface area (Å²) in [5.74, 6) is -1.54. The van der Waals surface area contributed by atoms with Crippen molar-refractivity contribution in [3.05, 3.63) is 53.5 Å². The quantitative estimate of drug-likeness (QED) is 0.477. The molecule has 0 fully saturated rings. The molecule has 1 aromatic carbocycles. The third kappa shape index (κ3) is 7.34. The second-order valence-corrected chi connectivity index (χ2v) is 10.1. The van der Waals surface area contributed by atoms with Crippen LogP contribution < -0.4 is 4.31 Å². The summed E-state index contributed by atoms with van der Waals surface area (Å²) in [5.41, 5.74) is 2.34. The molecule has 0 spiro atoms. The number of hydrogen-bond acceptors (Lipinski definition) is 6. The number of hydrogen-bond donors (Lipinski definition) is 3. The molecule has 0 aliphatic rings. The maximum absolute atomic E-state index is 13.5. The number of carboxylic acid groups (broad SMARTS) is 1. The number of rotatable bonds is 10. The van der Waals surface area contributed by atoms with Gasteiger partial charge in [0.25, 0.3) is 0 Å². The fraction of sp³-hybridized carbons (Fsp3) is 0.391. The first kappa shape index (κ1) is 26.4. The Morgan fingerprint density at radius 1 is 1.21 bits per heavy atom. The molecule has 8 nitrogen and oxygen atoms in total. The zero-order valence-electron chi connectivity index (χ0n) is 18.9. The Hall–Kier alpha value is -2.82. The Labute approximate surface area is 193 Å². The Morgan fingerprint density at radius 2 is 1.82 bits per heavy atom. The minimum Gasteiger partial charge on any atom is -0.481 e. The van der Waals surface area contributed by atoms with Gasteiger partial charge in [0.05, 0.1) is 30.6 Å². The molecule has 2 atom stereocenters. The van der Waals surface area contributed by atoms with Gasteiger partial charge in [-0.2, -0.15) is 0 Å². The first-order valence-electron chi connectivity index (χ1n) is 10.3. The van der Waals surface area contributed by atoms with Crippen LogP contribution >= 0.6 is 0 Å². The van der Waals surface area contributed by atoms with E-state index < -0.39 is 40.4 Å². The Morgan fingerprint density at radius 3 is 2.33 bits per heavy atom. The van der Waals surface area contributed by atoms with E-state index in [0.717, 1.165) is 10.6 Å². The fourth-order valence-corrected chi connectivity index (χ4v) is 3.66. The number of aliphatic hydroxyl groups excluding tert-OH is 2. The van der Waals surface area contributed by atoms with Gasteiger partial charge in [-0.05, 0) is 35.2 Å². The number of carboxylic acids is 1. The molecule has 3 N–H and O–H groups in total. The standard InChI is InChI=1S/C23H29FN2O6S/c1-14(2)23-19(10-9-17(27)11-18(28)12-22(29)30)20(15-5-7-16(24)8-6-15)13-21(25-23)26(3)33(4,31)32/h5-10,13-14,17-18,27-28H,11-12H2,1-4H3,(H,29,30)/b10-9+. The highest BCUT2D eigenvalue weighted by molar-refractivity contribution is 7.92. The largest absolute Gasteiger partial charge is 0.481 e. The average Bonchev–Trinajstić information content (AvgIpc) is 2.70. The molecule has 180 valence electrons. The number of aliphatic hydroxyl groups is 2. The van der Waals surface area contributed by atoms with Crippen molar-refractivity contribution in [1.29, 1.82) is 0 Å². The van der Waals surface area contributed by atoms with E-state index in [1.165, 1.54) is 25.3 Å². The first-order chi connectivity index (χ1) is 15.3. The van der Waals surface area contributed by atoms with E-state index >= 15 is 0 Å². The predicted octanol–water partition coefficient (Wildman–Crippen LogP) is 3.01. The molecule has 0 saturated carbocycles. The van der Waals surface area contributed by atoms with Crippen molar-refractivity contribution < 1.29 is 32.9 Å². The molecule has 1 aromatic heterocycles.